The van der Waals surface area contributed by atoms with E-state index in [1.807, 2.05) is 48.2 Å². The Balaban J connectivity index is 1.37. The quantitative estimate of drug-likeness (QED) is 0.762. The van der Waals surface area contributed by atoms with Gasteiger partial charge in [-0.2, -0.15) is 0 Å². The van der Waals surface area contributed by atoms with Gasteiger partial charge >= 0.3 is 0 Å². The molecule has 0 N–H and O–H groups in total. The summed E-state index contributed by atoms with van der Waals surface area (Å²) in [6, 6.07) is 16.2. The first-order valence-electron chi connectivity index (χ1n) is 11.3. The van der Waals surface area contributed by atoms with Crippen LogP contribution in [0.25, 0.3) is 0 Å². The van der Waals surface area contributed by atoms with Crippen molar-refractivity contribution < 1.29 is 14.3 Å². The molecule has 2 amide bonds. The molecule has 0 aliphatic carbocycles. The number of fused-ring (bicyclic) bond motifs is 2. The van der Waals surface area contributed by atoms with E-state index in [1.54, 1.807) is 4.90 Å². The summed E-state index contributed by atoms with van der Waals surface area (Å²) in [6.07, 6.45) is 2.57. The normalized spacial score (nSPS) is 23.5. The van der Waals surface area contributed by atoms with Gasteiger partial charge < -0.3 is 14.5 Å². The first-order valence-corrected chi connectivity index (χ1v) is 11.3. The standard InChI is InChI=1S/C25H29N3O3/c1-2-31-22-11-9-20(10-12-22)27-16-19(14-24(27)29)25(30)28-17-21-7-5-13-26(21)15-18-6-3-4-8-23(18)28/h3-4,6,8-12,19,21H,2,5,7,13-17H2,1H3. The minimum absolute atomic E-state index is 0.00751. The van der Waals surface area contributed by atoms with Gasteiger partial charge in [-0.15, -0.1) is 0 Å². The molecule has 3 heterocycles. The Hall–Kier alpha value is -2.86. The van der Waals surface area contributed by atoms with Crippen molar-refractivity contribution in [2.45, 2.75) is 38.8 Å². The van der Waals surface area contributed by atoms with Crippen molar-refractivity contribution in [3.8, 4) is 5.75 Å². The van der Waals surface area contributed by atoms with E-state index in [9.17, 15) is 9.59 Å². The first-order chi connectivity index (χ1) is 15.1. The number of hydrogen-bond donors (Lipinski definition) is 0. The van der Waals surface area contributed by atoms with Crippen LogP contribution in [0.2, 0.25) is 0 Å². The summed E-state index contributed by atoms with van der Waals surface area (Å²) in [5.41, 5.74) is 3.03. The first kappa shape index (κ1) is 20.1. The van der Waals surface area contributed by atoms with E-state index in [4.69, 9.17) is 4.74 Å². The monoisotopic (exact) mass is 419 g/mol. The van der Waals surface area contributed by atoms with Crippen LogP contribution in [0, 0.1) is 5.92 Å². The molecular weight excluding hydrogens is 390 g/mol. The highest BCUT2D eigenvalue weighted by molar-refractivity contribution is 6.04. The van der Waals surface area contributed by atoms with E-state index in [2.05, 4.69) is 17.0 Å². The summed E-state index contributed by atoms with van der Waals surface area (Å²) in [6.45, 7) is 5.68. The van der Waals surface area contributed by atoms with Gasteiger partial charge in [-0.25, -0.2) is 0 Å². The van der Waals surface area contributed by atoms with Crippen molar-refractivity contribution >= 4 is 23.2 Å². The molecule has 2 unspecified atom stereocenters. The highest BCUT2D eigenvalue weighted by Crippen LogP contribution is 2.34. The van der Waals surface area contributed by atoms with Crippen LogP contribution in [-0.2, 0) is 16.1 Å². The van der Waals surface area contributed by atoms with Crippen molar-refractivity contribution in [3.05, 3.63) is 54.1 Å². The smallest absolute Gasteiger partial charge is 0.232 e. The topological polar surface area (TPSA) is 53.1 Å². The third-order valence-corrected chi connectivity index (χ3v) is 6.75. The lowest BCUT2D eigenvalue weighted by Crippen LogP contribution is -2.43. The second-order valence-electron chi connectivity index (χ2n) is 8.68. The Morgan fingerprint density at radius 3 is 2.71 bits per heavy atom. The second kappa shape index (κ2) is 8.35. The average molecular weight is 420 g/mol. The molecule has 2 fully saturated rings. The van der Waals surface area contributed by atoms with Gasteiger partial charge in [0, 0.05) is 43.5 Å². The van der Waals surface area contributed by atoms with Crippen LogP contribution in [0.15, 0.2) is 48.5 Å². The van der Waals surface area contributed by atoms with Crippen LogP contribution < -0.4 is 14.5 Å². The van der Waals surface area contributed by atoms with E-state index >= 15 is 0 Å². The maximum Gasteiger partial charge on any atom is 0.232 e. The van der Waals surface area contributed by atoms with Crippen molar-refractivity contribution in [2.75, 3.05) is 36.0 Å². The Kier molecular flexibility index (Phi) is 5.40. The number of ether oxygens (including phenoxy) is 1. The SMILES string of the molecule is CCOc1ccc(N2CC(C(=O)N3CC4CCCN4Cc4ccccc43)CC2=O)cc1. The predicted molar refractivity (Wildman–Crippen MR) is 120 cm³/mol. The van der Waals surface area contributed by atoms with E-state index in [-0.39, 0.29) is 24.2 Å². The van der Waals surface area contributed by atoms with Crippen molar-refractivity contribution in [1.82, 2.24) is 4.90 Å². The Morgan fingerprint density at radius 1 is 1.10 bits per heavy atom. The van der Waals surface area contributed by atoms with Gasteiger partial charge in [-0.3, -0.25) is 14.5 Å². The van der Waals surface area contributed by atoms with Gasteiger partial charge in [0.25, 0.3) is 0 Å². The molecule has 6 nitrogen and oxygen atoms in total. The molecule has 0 radical (unpaired) electrons. The minimum atomic E-state index is -0.319. The molecular formula is C25H29N3O3. The van der Waals surface area contributed by atoms with E-state index in [0.29, 0.717) is 25.7 Å². The number of carbonyl (C=O) groups excluding carboxylic acids is 2. The van der Waals surface area contributed by atoms with E-state index in [1.165, 1.54) is 12.0 Å². The number of para-hydroxylation sites is 1. The van der Waals surface area contributed by atoms with Crippen molar-refractivity contribution in [3.63, 3.8) is 0 Å². The summed E-state index contributed by atoms with van der Waals surface area (Å²) < 4.78 is 5.50. The molecule has 31 heavy (non-hydrogen) atoms. The molecule has 0 aromatic heterocycles. The average Bonchev–Trinajstić information content (AvgIpc) is 3.35. The van der Waals surface area contributed by atoms with Crippen molar-refractivity contribution in [2.24, 2.45) is 5.92 Å². The molecule has 2 saturated heterocycles. The number of amides is 2. The maximum absolute atomic E-state index is 13.7. The molecule has 3 aliphatic rings. The second-order valence-corrected chi connectivity index (χ2v) is 8.68. The summed E-state index contributed by atoms with van der Waals surface area (Å²) in [7, 11) is 0. The summed E-state index contributed by atoms with van der Waals surface area (Å²) >= 11 is 0. The van der Waals surface area contributed by atoms with Gasteiger partial charge in [0.1, 0.15) is 5.75 Å². The number of anilines is 2. The van der Waals surface area contributed by atoms with Gasteiger partial charge in [-0.05, 0) is 62.2 Å². The van der Waals surface area contributed by atoms with Gasteiger partial charge in [-0.1, -0.05) is 18.2 Å². The molecule has 5 rings (SSSR count). The van der Waals surface area contributed by atoms with Crippen LogP contribution >= 0.6 is 0 Å². The lowest BCUT2D eigenvalue weighted by atomic mass is 10.0. The molecule has 2 aromatic carbocycles. The van der Waals surface area contributed by atoms with Gasteiger partial charge in [0.2, 0.25) is 11.8 Å². The molecule has 2 atom stereocenters. The van der Waals surface area contributed by atoms with Gasteiger partial charge in [0.15, 0.2) is 0 Å². The third-order valence-electron chi connectivity index (χ3n) is 6.75. The molecule has 2 aromatic rings. The summed E-state index contributed by atoms with van der Waals surface area (Å²) in [5, 5.41) is 0. The number of nitrogens with zero attached hydrogens (tertiary/aromatic N) is 3. The Morgan fingerprint density at radius 2 is 1.90 bits per heavy atom. The number of hydrogen-bond acceptors (Lipinski definition) is 4. The van der Waals surface area contributed by atoms with Crippen LogP contribution in [0.3, 0.4) is 0 Å². The highest BCUT2D eigenvalue weighted by Gasteiger charge is 2.40. The van der Waals surface area contributed by atoms with Crippen LogP contribution in [0.5, 0.6) is 5.75 Å². The third kappa shape index (κ3) is 3.81. The molecule has 0 saturated carbocycles. The lowest BCUT2D eigenvalue weighted by molar-refractivity contribution is -0.124. The zero-order chi connectivity index (χ0) is 21.4. The highest BCUT2D eigenvalue weighted by atomic mass is 16.5. The number of benzene rings is 2. The zero-order valence-corrected chi connectivity index (χ0v) is 18.0. The molecule has 6 heteroatoms. The van der Waals surface area contributed by atoms with E-state index < -0.39 is 0 Å². The Labute approximate surface area is 183 Å². The predicted octanol–water partition coefficient (Wildman–Crippen LogP) is 3.45. The molecule has 0 spiro atoms. The maximum atomic E-state index is 13.7. The van der Waals surface area contributed by atoms with Gasteiger partial charge in [0.05, 0.1) is 12.5 Å². The summed E-state index contributed by atoms with van der Waals surface area (Å²) in [5.74, 6) is 0.545. The number of rotatable bonds is 4. The largest absolute Gasteiger partial charge is 0.494 e. The lowest BCUT2D eigenvalue weighted by Gasteiger charge is -2.28. The fourth-order valence-electron chi connectivity index (χ4n) is 5.19. The number of carbonyl (C=O) groups is 2. The van der Waals surface area contributed by atoms with E-state index in [0.717, 1.165) is 36.6 Å². The Bertz CT molecular complexity index is 974. The fourth-order valence-corrected chi connectivity index (χ4v) is 5.19. The summed E-state index contributed by atoms with van der Waals surface area (Å²) in [4.78, 5) is 32.7. The fraction of sp³-hybridized carbons (Fsp3) is 0.440. The van der Waals surface area contributed by atoms with Crippen LogP contribution in [0.1, 0.15) is 31.7 Å². The minimum Gasteiger partial charge on any atom is -0.494 e. The van der Waals surface area contributed by atoms with Crippen LogP contribution in [-0.4, -0.2) is 49.0 Å². The molecule has 162 valence electrons. The zero-order valence-electron chi connectivity index (χ0n) is 18.0. The van der Waals surface area contributed by atoms with Crippen molar-refractivity contribution in [1.29, 1.82) is 0 Å². The molecule has 3 aliphatic heterocycles. The van der Waals surface area contributed by atoms with Crippen LogP contribution in [0.4, 0.5) is 11.4 Å². The molecule has 0 bridgehead atoms.